The number of Topliss-reactive ketones (excluding diaryl/α,β-unsaturated/α-hetero) is 2. The molecule has 10 rings (SSSR count). The average molecular weight is 1510 g/mol. The minimum absolute atomic E-state index is 0.0130. The third kappa shape index (κ3) is 26.7. The van der Waals surface area contributed by atoms with E-state index in [1.807, 2.05) is 45.0 Å². The molecule has 10 aromatic rings. The van der Waals surface area contributed by atoms with Crippen LogP contribution in [0.2, 0.25) is 5.02 Å². The Morgan fingerprint density at radius 2 is 0.685 bits per heavy atom. The van der Waals surface area contributed by atoms with Crippen LogP contribution in [0.25, 0.3) is 55.2 Å². The molecule has 32 heteroatoms. The van der Waals surface area contributed by atoms with Gasteiger partial charge in [0.1, 0.15) is 45.0 Å². The number of anilines is 10. The summed E-state index contributed by atoms with van der Waals surface area (Å²) >= 11 is 5.99. The highest BCUT2D eigenvalue weighted by molar-refractivity contribution is 6.31. The predicted octanol–water partition coefficient (Wildman–Crippen LogP) is 13.3. The number of hydrogen-bond acceptors (Lipinski definition) is 30. The van der Waals surface area contributed by atoms with E-state index in [9.17, 15) is 29.3 Å². The van der Waals surface area contributed by atoms with Gasteiger partial charge in [-0.05, 0) is 136 Å². The van der Waals surface area contributed by atoms with Crippen molar-refractivity contribution in [2.75, 3.05) is 75.1 Å². The first-order chi connectivity index (χ1) is 51.4. The van der Waals surface area contributed by atoms with Gasteiger partial charge in [0.05, 0.1) is 75.2 Å². The van der Waals surface area contributed by atoms with Crippen LogP contribution in [0.4, 0.5) is 63.2 Å². The zero-order valence-electron chi connectivity index (χ0n) is 64.6. The van der Waals surface area contributed by atoms with Gasteiger partial charge in [-0.25, -0.2) is 39.3 Å². The minimum atomic E-state index is -0.542. The summed E-state index contributed by atoms with van der Waals surface area (Å²) in [5.74, 6) is 3.47. The van der Waals surface area contributed by atoms with Gasteiger partial charge in [-0.3, -0.25) is 15.0 Å². The molecule has 0 aliphatic carbocycles. The Morgan fingerprint density at radius 1 is 0.389 bits per heavy atom. The predicted molar refractivity (Wildman–Crippen MR) is 433 cm³/mol. The summed E-state index contributed by atoms with van der Waals surface area (Å²) in [6, 6.07) is 14.0. The van der Waals surface area contributed by atoms with Crippen molar-refractivity contribution < 1.29 is 29.3 Å². The summed E-state index contributed by atoms with van der Waals surface area (Å²) in [5, 5.41) is 46.0. The lowest BCUT2D eigenvalue weighted by Gasteiger charge is -2.32. The van der Waals surface area contributed by atoms with Crippen molar-refractivity contribution in [1.82, 2.24) is 74.8 Å². The van der Waals surface area contributed by atoms with E-state index in [1.54, 1.807) is 56.8 Å². The first kappa shape index (κ1) is 86.8. The molecule has 0 bridgehead atoms. The molecule has 0 spiro atoms. The SMILES string of the molecule is CCCCC[C@](C)(CCC(C)=O)Nc1nc(N)nc2cccnc12.CCCC[C@@](C)(CCC(C)=O)Nc1nc(N)nc2cc(Cl)cnc12.CCCC[C@@](C)(CO)Nc1nc(N)nc2cc(F)cnc12.CCCC[C@@](C)(CO)Nc1nc(N)nc2cccnc12.CCC[C@](C)(CO)Nc1nc(N)nc2cccnc12. The number of nitrogens with two attached hydrogens (primary N) is 5. The standard InChI is InChI=1S/C18H27N5O.C17H24ClN5O.C14H20FN5O.C14H21N5O.C13H19N5O/c1-4-5-6-10-18(3,11-9-13(2)24)23-16-15-14(8-7-12-20-15)21-17(19)22-16;1-4-5-7-17(3,8-6-11(2)24)23-15-14-13(21-16(19)22-15)9-12(18)10-20-14;1-3-4-5-14(2,8-21)20-12-11-10(18-13(16)19-12)6-9(15)7-17-11;1-3-4-7-14(2,9-20)19-12-11-10(6-5-8-16-11)17-13(15)18-12;1-3-6-13(2,8-19)18-11-10-9(5-4-7-15-10)16-12(14)17-11/h7-8,12H,4-6,9-11H2,1-3H3,(H3,19,21,22,23);9-10H,4-8H2,1-3H3,(H3,19,21,22,23);6-7,21H,3-5,8H2,1-2H3,(H3,16,18,19,20);5-6,8,20H,3-4,7,9H2,1-2H3,(H3,15,17,18,19);4-5,7,19H,3,6,8H2,1-2H3,(H3,14,16,17,18)/t18-;17-;2*14-;13-/m10001/s1. The number of aliphatic hydroxyl groups is 3. The van der Waals surface area contributed by atoms with E-state index in [-0.39, 0.29) is 72.2 Å². The van der Waals surface area contributed by atoms with Crippen molar-refractivity contribution >= 4 is 137 Å². The zero-order valence-corrected chi connectivity index (χ0v) is 65.3. The number of unbranched alkanes of at least 4 members (excludes halogenated alkanes) is 5. The van der Waals surface area contributed by atoms with Crippen LogP contribution in [0.3, 0.4) is 0 Å². The Hall–Kier alpha value is -10.1. The number of fused-ring (bicyclic) bond motifs is 5. The molecule has 0 aliphatic heterocycles. The van der Waals surface area contributed by atoms with Gasteiger partial charge in [0.2, 0.25) is 29.7 Å². The summed E-state index contributed by atoms with van der Waals surface area (Å²) < 4.78 is 13.2. The summed E-state index contributed by atoms with van der Waals surface area (Å²) in [6.45, 7) is 23.9. The van der Waals surface area contributed by atoms with Crippen LogP contribution in [0.5, 0.6) is 0 Å². The van der Waals surface area contributed by atoms with Crippen LogP contribution in [0.15, 0.2) is 79.5 Å². The quantitative estimate of drug-likeness (QED) is 0.0167. The zero-order chi connectivity index (χ0) is 79.2. The number of aromatic nitrogens is 15. The molecule has 0 amide bonds. The molecule has 18 N–H and O–H groups in total. The van der Waals surface area contributed by atoms with Crippen LogP contribution < -0.4 is 55.3 Å². The van der Waals surface area contributed by atoms with E-state index >= 15 is 0 Å². The largest absolute Gasteiger partial charge is 0.394 e. The van der Waals surface area contributed by atoms with Gasteiger partial charge < -0.3 is 80.2 Å². The van der Waals surface area contributed by atoms with Gasteiger partial charge in [-0.1, -0.05) is 110 Å². The Labute approximate surface area is 636 Å². The third-order valence-electron chi connectivity index (χ3n) is 18.0. The van der Waals surface area contributed by atoms with E-state index in [2.05, 4.69) is 150 Å². The van der Waals surface area contributed by atoms with Crippen molar-refractivity contribution in [3.05, 3.63) is 90.4 Å². The number of rotatable bonds is 34. The average Bonchev–Trinajstić information content (AvgIpc) is 0.813. The summed E-state index contributed by atoms with van der Waals surface area (Å²) in [5.41, 5.74) is 33.0. The lowest BCUT2D eigenvalue weighted by atomic mass is 9.88. The van der Waals surface area contributed by atoms with E-state index < -0.39 is 22.4 Å². The molecule has 108 heavy (non-hydrogen) atoms. The molecule has 0 aromatic carbocycles. The van der Waals surface area contributed by atoms with Crippen molar-refractivity contribution in [3.8, 4) is 0 Å². The molecule has 0 radical (unpaired) electrons. The van der Waals surface area contributed by atoms with Gasteiger partial charge in [-0.2, -0.15) is 24.9 Å². The molecule has 10 aromatic heterocycles. The minimum Gasteiger partial charge on any atom is -0.394 e. The van der Waals surface area contributed by atoms with Gasteiger partial charge in [0.25, 0.3) is 0 Å². The lowest BCUT2D eigenvalue weighted by molar-refractivity contribution is -0.118. The number of nitrogens with zero attached hydrogens (tertiary/aromatic N) is 15. The van der Waals surface area contributed by atoms with Crippen molar-refractivity contribution in [2.24, 2.45) is 0 Å². The molecule has 0 saturated heterocycles. The molecule has 0 fully saturated rings. The number of halogens is 2. The highest BCUT2D eigenvalue weighted by Crippen LogP contribution is 2.33. The molecule has 5 atom stereocenters. The topological polar surface area (TPSA) is 478 Å². The monoisotopic (exact) mass is 1510 g/mol. The Kier molecular flexibility index (Phi) is 33.2. The van der Waals surface area contributed by atoms with E-state index in [4.69, 9.17) is 40.3 Å². The fourth-order valence-electron chi connectivity index (χ4n) is 11.8. The lowest BCUT2D eigenvalue weighted by Crippen LogP contribution is -2.39. The van der Waals surface area contributed by atoms with E-state index in [1.165, 1.54) is 12.5 Å². The highest BCUT2D eigenvalue weighted by Gasteiger charge is 2.30. The number of carbonyl (C=O) groups is 2. The maximum absolute atomic E-state index is 13.2. The van der Waals surface area contributed by atoms with Gasteiger partial charge in [0, 0.05) is 54.8 Å². The maximum atomic E-state index is 13.2. The molecule has 30 nitrogen and oxygen atoms in total. The van der Waals surface area contributed by atoms with Crippen LogP contribution >= 0.6 is 11.6 Å². The second-order valence-corrected chi connectivity index (χ2v) is 29.1. The van der Waals surface area contributed by atoms with Crippen molar-refractivity contribution in [2.45, 2.75) is 233 Å². The number of nitrogen functional groups attached to an aromatic ring is 5. The van der Waals surface area contributed by atoms with Crippen LogP contribution in [0, 0.1) is 5.82 Å². The number of pyridine rings is 5. The summed E-state index contributed by atoms with van der Waals surface area (Å²) in [6.07, 6.45) is 25.2. The fraction of sp³-hybridized carbons (Fsp3) is 0.513. The molecule has 0 saturated carbocycles. The normalized spacial score (nSPS) is 13.9. The van der Waals surface area contributed by atoms with Crippen LogP contribution in [0.1, 0.15) is 205 Å². The van der Waals surface area contributed by atoms with Crippen molar-refractivity contribution in [1.29, 1.82) is 0 Å². The molecular weight excluding hydrogens is 1400 g/mol. The van der Waals surface area contributed by atoms with Crippen LogP contribution in [-0.2, 0) is 9.59 Å². The third-order valence-corrected chi connectivity index (χ3v) is 18.2. The van der Waals surface area contributed by atoms with E-state index in [0.717, 1.165) is 114 Å². The number of hydrogen-bond donors (Lipinski definition) is 13. The Bertz CT molecular complexity index is 4540. The Morgan fingerprint density at radius 3 is 1.02 bits per heavy atom. The van der Waals surface area contributed by atoms with Gasteiger partial charge in [0.15, 0.2) is 29.1 Å². The van der Waals surface area contributed by atoms with Gasteiger partial charge >= 0.3 is 0 Å². The molecule has 10 heterocycles. The number of carbonyl (C=O) groups excluding carboxylic acids is 2. The van der Waals surface area contributed by atoms with Gasteiger partial charge in [-0.15, -0.1) is 0 Å². The molecule has 0 unspecified atom stereocenters. The number of nitrogens with one attached hydrogen (secondary N) is 5. The fourth-order valence-corrected chi connectivity index (χ4v) is 12.0. The maximum Gasteiger partial charge on any atom is 0.222 e. The highest BCUT2D eigenvalue weighted by atomic mass is 35.5. The van der Waals surface area contributed by atoms with Crippen molar-refractivity contribution in [3.63, 3.8) is 0 Å². The first-order valence-electron chi connectivity index (χ1n) is 36.9. The molecule has 584 valence electrons. The summed E-state index contributed by atoms with van der Waals surface area (Å²) in [4.78, 5) is 86.1. The second kappa shape index (κ2) is 41.3. The molecule has 0 aliphatic rings. The van der Waals surface area contributed by atoms with Crippen LogP contribution in [-0.4, -0.2) is 149 Å². The Balaban J connectivity index is 0.000000212. The number of ketones is 2. The summed E-state index contributed by atoms with van der Waals surface area (Å²) in [7, 11) is 0. The second-order valence-electron chi connectivity index (χ2n) is 28.6. The number of aliphatic hydroxyl groups excluding tert-OH is 3. The first-order valence-corrected chi connectivity index (χ1v) is 37.3. The molecular formula is C76H111ClFN25O5. The smallest absolute Gasteiger partial charge is 0.222 e. The van der Waals surface area contributed by atoms with E-state index in [0.29, 0.717) is 96.6 Å².